The van der Waals surface area contributed by atoms with Crippen molar-refractivity contribution in [3.05, 3.63) is 143 Å². The quantitative estimate of drug-likeness (QED) is 0.211. The first-order chi connectivity index (χ1) is 22.9. The summed E-state index contributed by atoms with van der Waals surface area (Å²) in [6, 6.07) is 35.3. The van der Waals surface area contributed by atoms with E-state index in [-0.39, 0.29) is 11.5 Å². The van der Waals surface area contributed by atoms with E-state index in [9.17, 15) is 9.90 Å². The normalized spacial score (nSPS) is 14.3. The fraction of sp³-hybridized carbons (Fsp3) is 0.135. The number of hydrogen-bond donors (Lipinski definition) is 3. The van der Waals surface area contributed by atoms with E-state index in [1.165, 1.54) is 10.2 Å². The molecule has 1 unspecified atom stereocenters. The van der Waals surface area contributed by atoms with Crippen LogP contribution in [0, 0.1) is 6.92 Å². The Morgan fingerprint density at radius 2 is 1.62 bits per heavy atom. The van der Waals surface area contributed by atoms with E-state index in [0.717, 1.165) is 63.7 Å². The second-order valence-electron chi connectivity index (χ2n) is 11.9. The molecule has 0 radical (unpaired) electrons. The molecule has 1 aliphatic rings. The zero-order chi connectivity index (χ0) is 32.1. The second-order valence-corrected chi connectivity index (χ2v) is 11.9. The van der Waals surface area contributed by atoms with Crippen LogP contribution in [-0.4, -0.2) is 52.4 Å². The summed E-state index contributed by atoms with van der Waals surface area (Å²) in [5.41, 5.74) is 14.8. The van der Waals surface area contributed by atoms with Gasteiger partial charge in [0.1, 0.15) is 17.6 Å². The molecule has 1 aliphatic heterocycles. The summed E-state index contributed by atoms with van der Waals surface area (Å²) in [7, 11) is 0. The van der Waals surface area contributed by atoms with Crippen molar-refractivity contribution in [3.8, 4) is 34.0 Å². The molecule has 4 N–H and O–H groups in total. The number of aryl methyl sites for hydroxylation is 1. The summed E-state index contributed by atoms with van der Waals surface area (Å²) in [6.07, 6.45) is 0.948. The van der Waals surface area contributed by atoms with E-state index in [1.54, 1.807) is 12.3 Å². The van der Waals surface area contributed by atoms with Crippen molar-refractivity contribution >= 4 is 17.0 Å². The average Bonchev–Trinajstić information content (AvgIpc) is 3.63. The molecular weight excluding hydrogens is 588 g/mol. The second kappa shape index (κ2) is 11.5. The number of anilines is 1. The monoisotopic (exact) mass is 620 g/mol. The molecule has 8 rings (SSSR count). The Bertz CT molecular complexity index is 2270. The Balaban J connectivity index is 1.05. The first-order valence-corrected chi connectivity index (χ1v) is 15.5. The molecule has 0 saturated carbocycles. The van der Waals surface area contributed by atoms with Gasteiger partial charge in [-0.3, -0.25) is 19.4 Å². The topological polar surface area (TPSA) is 131 Å². The number of benzene rings is 3. The molecule has 3 aromatic carbocycles. The number of aromatic amines is 1. The predicted molar refractivity (Wildman–Crippen MR) is 182 cm³/mol. The molecule has 7 aromatic rings. The zero-order valence-electron chi connectivity index (χ0n) is 25.7. The maximum Gasteiger partial charge on any atom is 0.271 e. The molecule has 0 amide bonds. The Morgan fingerprint density at radius 1 is 0.872 bits per heavy atom. The number of pyridine rings is 2. The molecule has 1 fully saturated rings. The van der Waals surface area contributed by atoms with Crippen molar-refractivity contribution in [3.63, 3.8) is 0 Å². The minimum Gasteiger partial charge on any atom is -0.383 e. The molecule has 1 atom stereocenters. The van der Waals surface area contributed by atoms with E-state index < -0.39 is 6.23 Å². The first kappa shape index (κ1) is 28.6. The first-order valence-electron chi connectivity index (χ1n) is 15.5. The number of nitrogen functional groups attached to an aromatic ring is 1. The largest absolute Gasteiger partial charge is 0.383 e. The van der Waals surface area contributed by atoms with Crippen LogP contribution in [0.2, 0.25) is 0 Å². The van der Waals surface area contributed by atoms with Gasteiger partial charge in [-0.05, 0) is 66.6 Å². The minimum absolute atomic E-state index is 0.112. The standard InChI is InChI=1S/C37H32N8O2/c1-23-20-33(46)45(42-23)29-15-11-26(12-16-29)37(47)43-21-27(22-43)24-9-13-28(14-10-24)44-35(30-8-5-19-39-34(30)38)41-32-18-17-31(40-36(32)44)25-6-3-2-4-7-25/h2-20,27,37,42,47H,21-22H2,1H3,(H2,38,39). The van der Waals surface area contributed by atoms with Crippen LogP contribution in [0.5, 0.6) is 0 Å². The van der Waals surface area contributed by atoms with E-state index in [1.807, 2.05) is 95.3 Å². The third-order valence-corrected chi connectivity index (χ3v) is 8.83. The highest BCUT2D eigenvalue weighted by Gasteiger charge is 2.33. The van der Waals surface area contributed by atoms with Crippen molar-refractivity contribution in [1.29, 1.82) is 0 Å². The lowest BCUT2D eigenvalue weighted by Crippen LogP contribution is -2.46. The third kappa shape index (κ3) is 5.19. The van der Waals surface area contributed by atoms with Gasteiger partial charge >= 0.3 is 0 Å². The number of nitrogens with two attached hydrogens (primary N) is 1. The van der Waals surface area contributed by atoms with Gasteiger partial charge in [0.2, 0.25) is 0 Å². The number of fused-ring (bicyclic) bond motifs is 1. The molecule has 5 heterocycles. The van der Waals surface area contributed by atoms with Gasteiger partial charge in [-0.25, -0.2) is 19.6 Å². The van der Waals surface area contributed by atoms with Crippen LogP contribution >= 0.6 is 0 Å². The molecule has 0 spiro atoms. The summed E-state index contributed by atoms with van der Waals surface area (Å²) in [4.78, 5) is 28.5. The number of aliphatic hydroxyl groups excluding tert-OH is 1. The van der Waals surface area contributed by atoms with Crippen LogP contribution in [0.15, 0.2) is 120 Å². The predicted octanol–water partition coefficient (Wildman–Crippen LogP) is 5.61. The van der Waals surface area contributed by atoms with Crippen LogP contribution in [0.1, 0.15) is 29.0 Å². The van der Waals surface area contributed by atoms with Gasteiger partial charge in [-0.2, -0.15) is 0 Å². The fourth-order valence-electron chi connectivity index (χ4n) is 6.29. The molecule has 4 aromatic heterocycles. The molecule has 0 aliphatic carbocycles. The number of aliphatic hydroxyl groups is 1. The number of H-pyrrole nitrogens is 1. The van der Waals surface area contributed by atoms with Crippen LogP contribution in [0.4, 0.5) is 5.82 Å². The third-order valence-electron chi connectivity index (χ3n) is 8.83. The number of rotatable bonds is 7. The van der Waals surface area contributed by atoms with Gasteiger partial charge in [0, 0.05) is 48.2 Å². The SMILES string of the molecule is Cc1cc(=O)n(-c2ccc(C(O)N3CC(c4ccc(-n5c(-c6cccnc6N)nc6ccc(-c7ccccc7)nc65)cc4)C3)cc2)[nH]1. The molecule has 47 heavy (non-hydrogen) atoms. The number of imidazole rings is 1. The minimum atomic E-state index is -0.726. The van der Waals surface area contributed by atoms with Crippen molar-refractivity contribution in [2.45, 2.75) is 19.1 Å². The Kier molecular flexibility index (Phi) is 7.01. The lowest BCUT2D eigenvalue weighted by Gasteiger charge is -2.42. The maximum atomic E-state index is 12.2. The highest BCUT2D eigenvalue weighted by Crippen LogP contribution is 2.35. The highest BCUT2D eigenvalue weighted by molar-refractivity contribution is 5.84. The van der Waals surface area contributed by atoms with Crippen molar-refractivity contribution in [1.82, 2.24) is 34.2 Å². The van der Waals surface area contributed by atoms with Crippen LogP contribution in [0.25, 0.3) is 45.2 Å². The fourth-order valence-corrected chi connectivity index (χ4v) is 6.29. The van der Waals surface area contributed by atoms with Gasteiger partial charge in [-0.1, -0.05) is 54.6 Å². The van der Waals surface area contributed by atoms with Gasteiger partial charge < -0.3 is 10.8 Å². The number of nitrogens with one attached hydrogen (secondary N) is 1. The number of hydrogen-bond acceptors (Lipinski definition) is 7. The number of aromatic nitrogens is 6. The highest BCUT2D eigenvalue weighted by atomic mass is 16.3. The van der Waals surface area contributed by atoms with Crippen molar-refractivity contribution in [2.24, 2.45) is 0 Å². The lowest BCUT2D eigenvalue weighted by atomic mass is 9.90. The number of likely N-dealkylation sites (tertiary alicyclic amines) is 1. The molecule has 232 valence electrons. The van der Waals surface area contributed by atoms with Crippen molar-refractivity contribution < 1.29 is 5.11 Å². The molecule has 0 bridgehead atoms. The van der Waals surface area contributed by atoms with Gasteiger partial charge in [-0.15, -0.1) is 0 Å². The summed E-state index contributed by atoms with van der Waals surface area (Å²) in [5, 5.41) is 14.1. The van der Waals surface area contributed by atoms with Crippen LogP contribution < -0.4 is 11.3 Å². The van der Waals surface area contributed by atoms with E-state index in [4.69, 9.17) is 15.7 Å². The van der Waals surface area contributed by atoms with E-state index in [0.29, 0.717) is 11.6 Å². The maximum absolute atomic E-state index is 12.2. The smallest absolute Gasteiger partial charge is 0.271 e. The molecule has 1 saturated heterocycles. The summed E-state index contributed by atoms with van der Waals surface area (Å²) in [5.74, 6) is 1.37. The van der Waals surface area contributed by atoms with Gasteiger partial charge in [0.05, 0.1) is 16.9 Å². The zero-order valence-corrected chi connectivity index (χ0v) is 25.7. The van der Waals surface area contributed by atoms with Crippen molar-refractivity contribution in [2.75, 3.05) is 18.8 Å². The molecule has 10 nitrogen and oxygen atoms in total. The van der Waals surface area contributed by atoms with E-state index >= 15 is 0 Å². The average molecular weight is 621 g/mol. The summed E-state index contributed by atoms with van der Waals surface area (Å²) in [6.45, 7) is 3.30. The van der Waals surface area contributed by atoms with Gasteiger partial charge in [0.25, 0.3) is 5.56 Å². The van der Waals surface area contributed by atoms with Crippen LogP contribution in [0.3, 0.4) is 0 Å². The van der Waals surface area contributed by atoms with Gasteiger partial charge in [0.15, 0.2) is 11.5 Å². The Morgan fingerprint density at radius 3 is 2.32 bits per heavy atom. The Hall–Kier alpha value is -5.84. The summed E-state index contributed by atoms with van der Waals surface area (Å²) >= 11 is 0. The van der Waals surface area contributed by atoms with E-state index in [2.05, 4.69) is 34.3 Å². The van der Waals surface area contributed by atoms with Crippen LogP contribution in [-0.2, 0) is 0 Å². The number of nitrogens with zero attached hydrogens (tertiary/aromatic N) is 6. The lowest BCUT2D eigenvalue weighted by molar-refractivity contribution is -0.0484. The Labute approximate surface area is 270 Å². The molecule has 10 heteroatoms. The molecular formula is C37H32N8O2. The summed E-state index contributed by atoms with van der Waals surface area (Å²) < 4.78 is 3.54.